The number of carboxylic acid groups (broad SMARTS) is 2. The van der Waals surface area contributed by atoms with Crippen LogP contribution in [0.3, 0.4) is 0 Å². The SMILES string of the molecule is CC[C@H](C)[C@H]1C(=O)N[C@@H](CC(=O)O)C(=O)N(C)[C@H](C(C)C)C(=O)N[C@@H](CC(C)C)C(=O)O[C@H](C)C(=O)N2CCCC[C@H]2C(=O)N(C)[C@@H](C(C)C)C(=O)N[C@H](C(C)C)C(=O)N(C)[C@@H](CC(=O)O)C(=O)N(C)[C@@H]([C@@H](C)CC)C(=O)N1C. The fraction of sp³-hybridized carbons (Fsp3) is 0.782. The molecule has 0 bridgehead atoms. The van der Waals surface area contributed by atoms with E-state index in [-0.39, 0.29) is 38.1 Å². The second-order valence-corrected chi connectivity index (χ2v) is 23.1. The number of amides is 9. The maximum Gasteiger partial charge on any atom is 0.329 e. The molecule has 0 aromatic heterocycles. The summed E-state index contributed by atoms with van der Waals surface area (Å²) in [4.78, 5) is 177. The highest BCUT2D eigenvalue weighted by Crippen LogP contribution is 2.27. The van der Waals surface area contributed by atoms with Crippen molar-refractivity contribution in [3.05, 3.63) is 0 Å². The van der Waals surface area contributed by atoms with Crippen LogP contribution >= 0.6 is 0 Å². The molecule has 0 unspecified atom stereocenters. The number of fused-ring (bicyclic) bond motifs is 1. The Morgan fingerprint density at radius 1 is 0.532 bits per heavy atom. The van der Waals surface area contributed by atoms with Crippen molar-refractivity contribution in [3.8, 4) is 0 Å². The van der Waals surface area contributed by atoms with Crippen LogP contribution in [-0.2, 0) is 62.3 Å². The lowest BCUT2D eigenvalue weighted by atomic mass is 9.92. The van der Waals surface area contributed by atoms with Crippen LogP contribution in [0.25, 0.3) is 0 Å². The quantitative estimate of drug-likeness (QED) is 0.165. The van der Waals surface area contributed by atoms with E-state index in [0.717, 1.165) is 19.6 Å². The molecule has 0 spiro atoms. The summed E-state index contributed by atoms with van der Waals surface area (Å²) in [6, 6.07) is -12.8. The summed E-state index contributed by atoms with van der Waals surface area (Å²) in [6.45, 7) is 21.6. The number of piperidine rings is 1. The van der Waals surface area contributed by atoms with Crippen molar-refractivity contribution in [3.63, 3.8) is 0 Å². The number of nitrogens with one attached hydrogen (secondary N) is 3. The van der Waals surface area contributed by atoms with Crippen LogP contribution in [0.15, 0.2) is 0 Å². The van der Waals surface area contributed by atoms with Gasteiger partial charge in [-0.2, -0.15) is 0 Å². The number of ether oxygens (including phenoxy) is 1. The smallest absolute Gasteiger partial charge is 0.329 e. The van der Waals surface area contributed by atoms with Gasteiger partial charge in [0, 0.05) is 41.8 Å². The summed E-state index contributed by atoms with van der Waals surface area (Å²) < 4.78 is 5.75. The first-order valence-electron chi connectivity index (χ1n) is 27.8. The summed E-state index contributed by atoms with van der Waals surface area (Å²) >= 11 is 0. The lowest BCUT2D eigenvalue weighted by molar-refractivity contribution is -0.165. The number of cyclic esters (lactones) is 1. The van der Waals surface area contributed by atoms with E-state index in [0.29, 0.717) is 12.8 Å². The first-order valence-corrected chi connectivity index (χ1v) is 27.8. The van der Waals surface area contributed by atoms with Crippen LogP contribution < -0.4 is 16.0 Å². The van der Waals surface area contributed by atoms with Gasteiger partial charge < -0.3 is 60.3 Å². The van der Waals surface area contributed by atoms with Crippen molar-refractivity contribution in [2.45, 2.75) is 202 Å². The molecule has 24 heteroatoms. The molecule has 24 nitrogen and oxygen atoms in total. The zero-order valence-corrected chi connectivity index (χ0v) is 50.0. The largest absolute Gasteiger partial charge is 0.481 e. The average Bonchev–Trinajstić information content (AvgIpc) is 3.36. The van der Waals surface area contributed by atoms with Gasteiger partial charge in [-0.1, -0.05) is 95.9 Å². The third-order valence-corrected chi connectivity index (χ3v) is 15.5. The van der Waals surface area contributed by atoms with E-state index in [1.807, 2.05) is 0 Å². The lowest BCUT2D eigenvalue weighted by Gasteiger charge is -2.41. The van der Waals surface area contributed by atoms with Gasteiger partial charge in [-0.15, -0.1) is 0 Å². The third kappa shape index (κ3) is 17.6. The van der Waals surface area contributed by atoms with Gasteiger partial charge in [-0.05, 0) is 68.1 Å². The predicted molar refractivity (Wildman–Crippen MR) is 291 cm³/mol. The van der Waals surface area contributed by atoms with Gasteiger partial charge in [0.2, 0.25) is 47.3 Å². The summed E-state index contributed by atoms with van der Waals surface area (Å²) in [5.41, 5.74) is 0. The van der Waals surface area contributed by atoms with Crippen LogP contribution in [0.1, 0.15) is 141 Å². The highest BCUT2D eigenvalue weighted by atomic mass is 16.5. The number of likely N-dealkylation sites (N-methyl/N-ethyl adjacent to an activating group) is 5. The second-order valence-electron chi connectivity index (χ2n) is 23.1. The minimum absolute atomic E-state index is 0.0213. The third-order valence-electron chi connectivity index (χ3n) is 15.5. The Hall–Kier alpha value is -6.36. The first-order chi connectivity index (χ1) is 36.6. The molecule has 2 saturated heterocycles. The molecule has 12 atom stereocenters. The number of carbonyl (C=O) groups excluding carboxylic acids is 10. The number of hydrogen-bond donors (Lipinski definition) is 5. The molecule has 9 amide bonds. The molecule has 5 N–H and O–H groups in total. The van der Waals surface area contributed by atoms with Crippen molar-refractivity contribution >= 4 is 71.1 Å². The average molecular weight is 1120 g/mol. The zero-order valence-electron chi connectivity index (χ0n) is 50.0. The van der Waals surface area contributed by atoms with E-state index in [1.54, 1.807) is 83.1 Å². The van der Waals surface area contributed by atoms with Gasteiger partial charge in [-0.3, -0.25) is 52.7 Å². The zero-order chi connectivity index (χ0) is 60.8. The Kier molecular flexibility index (Phi) is 26.4. The van der Waals surface area contributed by atoms with Crippen molar-refractivity contribution in [2.24, 2.45) is 35.5 Å². The fourth-order valence-electron chi connectivity index (χ4n) is 10.6. The lowest BCUT2D eigenvalue weighted by Crippen LogP contribution is -2.63. The number of nitrogens with zero attached hydrogens (tertiary/aromatic N) is 6. The Morgan fingerprint density at radius 2 is 0.987 bits per heavy atom. The summed E-state index contributed by atoms with van der Waals surface area (Å²) in [7, 11) is 6.43. The number of rotatable bonds is 13. The number of hydrogen-bond acceptors (Lipinski definition) is 13. The van der Waals surface area contributed by atoms with Crippen LogP contribution in [0.4, 0.5) is 0 Å². The molecule has 0 aliphatic carbocycles. The standard InChI is InChI=1S/C55H93N9O15/c1-19-32(11)44-48(71)56-35(26-39(65)66)50(73)60(15)42(30(7)8)46(69)57-36(25-28(3)4)55(78)79-34(13)49(72)64-24-22-21-23-37(64)51(74)61(16)43(31(9)10)47(70)58-41(29(5)6)53(76)59(14)38(27-40(67)68)52(75)63(18)45(33(12)20-2)54(77)62(44)17/h28-38,41-45H,19-27H2,1-18H3,(H,56,71)(H,57,69)(H,58,70)(H,65,66)(H,67,68)/t32-,33-,34+,35-,36-,37-,38-,41+,42+,43-,44-,45-/m0/s1. The number of carbonyl (C=O) groups is 12. The topological polar surface area (TPSA) is 310 Å². The Labute approximate surface area is 466 Å². The molecule has 2 heterocycles. The molecule has 448 valence electrons. The van der Waals surface area contributed by atoms with Crippen LogP contribution in [0.2, 0.25) is 0 Å². The molecule has 2 rings (SSSR count). The number of esters is 1. The molecule has 2 aliphatic heterocycles. The fourth-order valence-corrected chi connectivity index (χ4v) is 10.6. The van der Waals surface area contributed by atoms with E-state index in [1.165, 1.54) is 52.0 Å². The van der Waals surface area contributed by atoms with Crippen LogP contribution in [0.5, 0.6) is 0 Å². The van der Waals surface area contributed by atoms with E-state index in [4.69, 9.17) is 4.74 Å². The second kappa shape index (κ2) is 30.3. The summed E-state index contributed by atoms with van der Waals surface area (Å²) in [6.07, 6.45) is -1.55. The van der Waals surface area contributed by atoms with Gasteiger partial charge in [0.05, 0.1) is 12.8 Å². The molecule has 2 aliphatic rings. The van der Waals surface area contributed by atoms with E-state index >= 15 is 0 Å². The van der Waals surface area contributed by atoms with E-state index < -0.39 is 174 Å². The van der Waals surface area contributed by atoms with Crippen molar-refractivity contribution in [1.29, 1.82) is 0 Å². The summed E-state index contributed by atoms with van der Waals surface area (Å²) in [5, 5.41) is 28.2. The monoisotopic (exact) mass is 1120 g/mol. The molecule has 0 aromatic carbocycles. The first kappa shape index (κ1) is 68.7. The Morgan fingerprint density at radius 3 is 1.47 bits per heavy atom. The molecule has 2 fully saturated rings. The minimum Gasteiger partial charge on any atom is -0.481 e. The van der Waals surface area contributed by atoms with Crippen LogP contribution in [0, 0.1) is 35.5 Å². The van der Waals surface area contributed by atoms with Gasteiger partial charge in [0.15, 0.2) is 6.10 Å². The molecule has 79 heavy (non-hydrogen) atoms. The molecular formula is C55H93N9O15. The van der Waals surface area contributed by atoms with Gasteiger partial charge in [0.1, 0.15) is 54.4 Å². The van der Waals surface area contributed by atoms with Crippen LogP contribution in [-0.4, -0.2) is 213 Å². The highest BCUT2D eigenvalue weighted by Gasteiger charge is 2.46. The Bertz CT molecular complexity index is 2220. The van der Waals surface area contributed by atoms with Crippen molar-refractivity contribution in [1.82, 2.24) is 45.3 Å². The number of aliphatic carboxylic acids is 2. The van der Waals surface area contributed by atoms with E-state index in [2.05, 4.69) is 16.0 Å². The number of carboxylic acids is 2. The molecule has 0 aromatic rings. The normalized spacial score (nSPS) is 28.0. The summed E-state index contributed by atoms with van der Waals surface area (Å²) in [5.74, 6) is -14.9. The highest BCUT2D eigenvalue weighted by molar-refractivity contribution is 6.00. The van der Waals surface area contributed by atoms with Crippen molar-refractivity contribution in [2.75, 3.05) is 41.8 Å². The predicted octanol–water partition coefficient (Wildman–Crippen LogP) is 1.96. The maximum absolute atomic E-state index is 15.0. The van der Waals surface area contributed by atoms with Gasteiger partial charge >= 0.3 is 17.9 Å². The molecular weight excluding hydrogens is 1030 g/mol. The van der Waals surface area contributed by atoms with Crippen molar-refractivity contribution < 1.29 is 72.5 Å². The van der Waals surface area contributed by atoms with Gasteiger partial charge in [-0.25, -0.2) is 4.79 Å². The maximum atomic E-state index is 15.0. The Balaban J connectivity index is 3.01. The molecule has 0 saturated carbocycles. The molecule has 0 radical (unpaired) electrons. The van der Waals surface area contributed by atoms with Gasteiger partial charge in [0.25, 0.3) is 5.91 Å². The van der Waals surface area contributed by atoms with E-state index in [9.17, 15) is 67.7 Å². The minimum atomic E-state index is -1.80.